The first-order valence-electron chi connectivity index (χ1n) is 6.17. The summed E-state index contributed by atoms with van der Waals surface area (Å²) in [4.78, 5) is 16.4. The van der Waals surface area contributed by atoms with E-state index in [0.717, 1.165) is 23.4 Å². The highest BCUT2D eigenvalue weighted by Crippen LogP contribution is 2.40. The second kappa shape index (κ2) is 4.92. The Morgan fingerprint density at radius 2 is 2.06 bits per heavy atom. The molecule has 0 aliphatic heterocycles. The van der Waals surface area contributed by atoms with Crippen molar-refractivity contribution in [3.8, 4) is 0 Å². The van der Waals surface area contributed by atoms with Gasteiger partial charge in [0.05, 0.1) is 0 Å². The van der Waals surface area contributed by atoms with Crippen molar-refractivity contribution in [3.05, 3.63) is 27.9 Å². The van der Waals surface area contributed by atoms with Gasteiger partial charge in [0.15, 0.2) is 0 Å². The van der Waals surface area contributed by atoms with Gasteiger partial charge in [-0.1, -0.05) is 28.8 Å². The van der Waals surface area contributed by atoms with Gasteiger partial charge in [0.25, 0.3) is 5.56 Å². The topological polar surface area (TPSA) is 34.9 Å². The zero-order valence-electron chi connectivity index (χ0n) is 10.5. The fraction of sp³-hybridized carbons (Fsp3) is 0.692. The van der Waals surface area contributed by atoms with Gasteiger partial charge < -0.3 is 0 Å². The van der Waals surface area contributed by atoms with E-state index in [9.17, 15) is 4.79 Å². The minimum absolute atomic E-state index is 0.0854. The number of alkyl halides is 1. The summed E-state index contributed by atoms with van der Waals surface area (Å²) in [6, 6.07) is 1.63. The molecule has 0 atom stereocenters. The number of nitrogens with zero attached hydrogens (tertiary/aromatic N) is 2. The SMILES string of the molecule is Cc1cc(=O)n(CC2(CBr)CCCC2)c(C)n1. The van der Waals surface area contributed by atoms with Crippen molar-refractivity contribution in [1.82, 2.24) is 9.55 Å². The highest BCUT2D eigenvalue weighted by atomic mass is 79.9. The number of rotatable bonds is 3. The van der Waals surface area contributed by atoms with E-state index in [0.29, 0.717) is 0 Å². The summed E-state index contributed by atoms with van der Waals surface area (Å²) in [7, 11) is 0. The molecule has 1 aromatic heterocycles. The van der Waals surface area contributed by atoms with E-state index in [2.05, 4.69) is 20.9 Å². The summed E-state index contributed by atoms with van der Waals surface area (Å²) in [5, 5.41) is 0.972. The van der Waals surface area contributed by atoms with E-state index >= 15 is 0 Å². The summed E-state index contributed by atoms with van der Waals surface area (Å²) in [6.07, 6.45) is 4.97. The Morgan fingerprint density at radius 3 is 2.59 bits per heavy atom. The third-order valence-corrected chi connectivity index (χ3v) is 4.96. The molecule has 3 nitrogen and oxygen atoms in total. The summed E-state index contributed by atoms with van der Waals surface area (Å²) in [5.41, 5.74) is 1.15. The molecule has 0 unspecified atom stereocenters. The average molecular weight is 299 g/mol. The molecular formula is C13H19BrN2O. The lowest BCUT2D eigenvalue weighted by atomic mass is 9.88. The molecule has 2 rings (SSSR count). The van der Waals surface area contributed by atoms with Crippen LogP contribution in [0.5, 0.6) is 0 Å². The Balaban J connectivity index is 2.32. The Labute approximate surface area is 110 Å². The summed E-state index contributed by atoms with van der Waals surface area (Å²) < 4.78 is 1.83. The van der Waals surface area contributed by atoms with Crippen LogP contribution >= 0.6 is 15.9 Å². The average Bonchev–Trinajstić information content (AvgIpc) is 2.73. The molecule has 1 aliphatic rings. The van der Waals surface area contributed by atoms with Crippen LogP contribution in [-0.4, -0.2) is 14.9 Å². The van der Waals surface area contributed by atoms with Gasteiger partial charge in [-0.05, 0) is 32.1 Å². The number of aromatic nitrogens is 2. The molecule has 1 aliphatic carbocycles. The molecule has 17 heavy (non-hydrogen) atoms. The largest absolute Gasteiger partial charge is 0.296 e. The van der Waals surface area contributed by atoms with E-state index in [-0.39, 0.29) is 11.0 Å². The molecule has 0 radical (unpaired) electrons. The minimum atomic E-state index is 0.0854. The van der Waals surface area contributed by atoms with Gasteiger partial charge in [-0.15, -0.1) is 0 Å². The quantitative estimate of drug-likeness (QED) is 0.804. The van der Waals surface area contributed by atoms with E-state index in [1.54, 1.807) is 6.07 Å². The van der Waals surface area contributed by atoms with E-state index in [4.69, 9.17) is 0 Å². The number of aryl methyl sites for hydroxylation is 2. The molecule has 1 heterocycles. The Kier molecular flexibility index (Phi) is 3.71. The molecule has 0 amide bonds. The van der Waals surface area contributed by atoms with Crippen LogP contribution in [-0.2, 0) is 6.54 Å². The van der Waals surface area contributed by atoms with Crippen LogP contribution in [0.4, 0.5) is 0 Å². The smallest absolute Gasteiger partial charge is 0.253 e. The molecular weight excluding hydrogens is 280 g/mol. The minimum Gasteiger partial charge on any atom is -0.296 e. The molecule has 1 aromatic rings. The van der Waals surface area contributed by atoms with Crippen LogP contribution in [0, 0.1) is 19.3 Å². The maximum absolute atomic E-state index is 12.0. The fourth-order valence-corrected chi connectivity index (χ4v) is 3.49. The zero-order chi connectivity index (χ0) is 12.5. The van der Waals surface area contributed by atoms with Gasteiger partial charge in [0.1, 0.15) is 5.82 Å². The van der Waals surface area contributed by atoms with Crippen LogP contribution in [0.15, 0.2) is 10.9 Å². The van der Waals surface area contributed by atoms with Gasteiger partial charge in [0, 0.05) is 23.6 Å². The molecule has 0 N–H and O–H groups in total. The van der Waals surface area contributed by atoms with Gasteiger partial charge in [-0.3, -0.25) is 9.36 Å². The van der Waals surface area contributed by atoms with Crippen LogP contribution in [0.25, 0.3) is 0 Å². The van der Waals surface area contributed by atoms with E-state index in [1.807, 2.05) is 18.4 Å². The number of halogens is 1. The van der Waals surface area contributed by atoms with Crippen molar-refractivity contribution in [2.24, 2.45) is 5.41 Å². The Bertz CT molecular complexity index is 461. The predicted molar refractivity (Wildman–Crippen MR) is 72.7 cm³/mol. The zero-order valence-corrected chi connectivity index (χ0v) is 12.1. The lowest BCUT2D eigenvalue weighted by Crippen LogP contribution is -2.33. The highest BCUT2D eigenvalue weighted by Gasteiger charge is 2.33. The maximum Gasteiger partial charge on any atom is 0.253 e. The normalized spacial score (nSPS) is 18.5. The molecule has 1 saturated carbocycles. The Hall–Kier alpha value is -0.640. The fourth-order valence-electron chi connectivity index (χ4n) is 2.75. The van der Waals surface area contributed by atoms with Gasteiger partial charge in [0.2, 0.25) is 0 Å². The van der Waals surface area contributed by atoms with Crippen LogP contribution < -0.4 is 5.56 Å². The van der Waals surface area contributed by atoms with Gasteiger partial charge in [-0.2, -0.15) is 0 Å². The van der Waals surface area contributed by atoms with Crippen LogP contribution in [0.3, 0.4) is 0 Å². The van der Waals surface area contributed by atoms with Crippen molar-refractivity contribution < 1.29 is 0 Å². The summed E-state index contributed by atoms with van der Waals surface area (Å²) in [6.45, 7) is 4.59. The molecule has 0 aromatic carbocycles. The van der Waals surface area contributed by atoms with Crippen molar-refractivity contribution in [2.75, 3.05) is 5.33 Å². The second-order valence-corrected chi connectivity index (χ2v) is 5.77. The maximum atomic E-state index is 12.0. The lowest BCUT2D eigenvalue weighted by Gasteiger charge is -2.28. The van der Waals surface area contributed by atoms with Crippen molar-refractivity contribution in [3.63, 3.8) is 0 Å². The number of hydrogen-bond acceptors (Lipinski definition) is 2. The number of hydrogen-bond donors (Lipinski definition) is 0. The molecule has 94 valence electrons. The molecule has 4 heteroatoms. The molecule has 1 fully saturated rings. The van der Waals surface area contributed by atoms with Crippen molar-refractivity contribution in [1.29, 1.82) is 0 Å². The third-order valence-electron chi connectivity index (χ3n) is 3.77. The summed E-state index contributed by atoms with van der Waals surface area (Å²) >= 11 is 3.62. The first kappa shape index (κ1) is 12.8. The van der Waals surface area contributed by atoms with Crippen LogP contribution in [0.1, 0.15) is 37.2 Å². The molecule has 0 spiro atoms. The molecule has 0 saturated heterocycles. The monoisotopic (exact) mass is 298 g/mol. The van der Waals surface area contributed by atoms with Crippen molar-refractivity contribution >= 4 is 15.9 Å². The van der Waals surface area contributed by atoms with Crippen LogP contribution in [0.2, 0.25) is 0 Å². The second-order valence-electron chi connectivity index (χ2n) is 5.21. The highest BCUT2D eigenvalue weighted by molar-refractivity contribution is 9.09. The van der Waals surface area contributed by atoms with E-state index < -0.39 is 0 Å². The van der Waals surface area contributed by atoms with E-state index in [1.165, 1.54) is 25.7 Å². The summed E-state index contributed by atoms with van der Waals surface area (Å²) in [5.74, 6) is 0.835. The molecule has 0 bridgehead atoms. The van der Waals surface area contributed by atoms with Crippen molar-refractivity contribution in [2.45, 2.75) is 46.1 Å². The first-order chi connectivity index (χ1) is 8.06. The Morgan fingerprint density at radius 1 is 1.41 bits per heavy atom. The first-order valence-corrected chi connectivity index (χ1v) is 7.30. The third kappa shape index (κ3) is 2.62. The van der Waals surface area contributed by atoms with Gasteiger partial charge in [-0.25, -0.2) is 4.98 Å². The standard InChI is InChI=1S/C13H19BrN2O/c1-10-7-12(17)16(11(2)15-10)9-13(8-14)5-3-4-6-13/h7H,3-6,8-9H2,1-2H3. The van der Waals surface area contributed by atoms with Gasteiger partial charge >= 0.3 is 0 Å². The predicted octanol–water partition coefficient (Wildman–Crippen LogP) is 2.82. The lowest BCUT2D eigenvalue weighted by molar-refractivity contribution is 0.283.